The van der Waals surface area contributed by atoms with Crippen molar-refractivity contribution in [3.8, 4) is 5.75 Å². The number of amides is 2. The lowest BCUT2D eigenvalue weighted by Gasteiger charge is -2.29. The lowest BCUT2D eigenvalue weighted by Crippen LogP contribution is -2.43. The van der Waals surface area contributed by atoms with Crippen molar-refractivity contribution in [2.75, 3.05) is 4.90 Å². The van der Waals surface area contributed by atoms with E-state index in [0.29, 0.717) is 12.1 Å². The van der Waals surface area contributed by atoms with Crippen LogP contribution < -0.4 is 4.90 Å². The Hall–Kier alpha value is -1.92. The molecular weight excluding hydrogens is 274 g/mol. The van der Waals surface area contributed by atoms with Crippen molar-refractivity contribution in [2.45, 2.75) is 18.6 Å². The summed E-state index contributed by atoms with van der Waals surface area (Å²) in [5.74, 6) is -2.31. The highest BCUT2D eigenvalue weighted by molar-refractivity contribution is 6.22. The number of nitrogens with zero attached hydrogens (tertiary/aromatic N) is 1. The summed E-state index contributed by atoms with van der Waals surface area (Å²) < 4.78 is 0. The van der Waals surface area contributed by atoms with Crippen LogP contribution in [0.2, 0.25) is 0 Å². The van der Waals surface area contributed by atoms with Crippen molar-refractivity contribution in [2.24, 2.45) is 23.7 Å². The first-order chi connectivity index (χ1) is 10.0. The third-order valence-corrected chi connectivity index (χ3v) is 5.20. The average molecular weight is 289 g/mol. The van der Waals surface area contributed by atoms with Gasteiger partial charge in [0.25, 0.3) is 0 Å². The maximum absolute atomic E-state index is 12.6. The Morgan fingerprint density at radius 3 is 1.86 bits per heavy atom. The smallest absolute Gasteiger partial charge is 0.238 e. The molecule has 110 valence electrons. The van der Waals surface area contributed by atoms with E-state index >= 15 is 0 Å². The van der Waals surface area contributed by atoms with Gasteiger partial charge in [-0.2, -0.15) is 0 Å². The normalized spacial score (nSPS) is 41.0. The molecule has 3 N–H and O–H groups in total. The number of anilines is 1. The highest BCUT2D eigenvalue weighted by Crippen LogP contribution is 2.56. The van der Waals surface area contributed by atoms with E-state index in [1.54, 1.807) is 0 Å². The second-order valence-electron chi connectivity index (χ2n) is 6.12. The summed E-state index contributed by atoms with van der Waals surface area (Å²) in [6.45, 7) is 0. The number of phenolic OH excluding ortho intramolecular Hbond substituents is 1. The van der Waals surface area contributed by atoms with Gasteiger partial charge >= 0.3 is 0 Å². The second kappa shape index (κ2) is 4.05. The summed E-state index contributed by atoms with van der Waals surface area (Å²) >= 11 is 0. The van der Waals surface area contributed by atoms with Gasteiger partial charge in [0.2, 0.25) is 11.8 Å². The first kappa shape index (κ1) is 12.8. The summed E-state index contributed by atoms with van der Waals surface area (Å²) in [5.41, 5.74) is 0.417. The number of aliphatic hydroxyl groups excluding tert-OH is 2. The van der Waals surface area contributed by atoms with Crippen LogP contribution in [-0.2, 0) is 9.59 Å². The molecule has 3 aliphatic rings. The van der Waals surface area contributed by atoms with E-state index < -0.39 is 24.0 Å². The zero-order valence-electron chi connectivity index (χ0n) is 11.1. The molecule has 2 bridgehead atoms. The Morgan fingerprint density at radius 2 is 1.38 bits per heavy atom. The molecule has 4 rings (SSSR count). The average Bonchev–Trinajstić information content (AvgIpc) is 3.06. The SMILES string of the molecule is O=C1[C@@H]2[C@H]3C[C@@H]([C@H](O)[C@H]3O)[C@H]2C(=O)N1c1ccc(O)cc1. The fraction of sp³-hybridized carbons (Fsp3) is 0.467. The van der Waals surface area contributed by atoms with Crippen LogP contribution in [0.25, 0.3) is 0 Å². The maximum Gasteiger partial charge on any atom is 0.238 e. The lowest BCUT2D eigenvalue weighted by molar-refractivity contribution is -0.129. The van der Waals surface area contributed by atoms with E-state index in [1.165, 1.54) is 24.3 Å². The summed E-state index contributed by atoms with van der Waals surface area (Å²) in [6.07, 6.45) is -1.32. The van der Waals surface area contributed by atoms with Gasteiger partial charge in [0.05, 0.1) is 29.7 Å². The molecular formula is C15H15NO5. The number of carbonyl (C=O) groups excluding carboxylic acids is 2. The number of hydrogen-bond acceptors (Lipinski definition) is 5. The minimum Gasteiger partial charge on any atom is -0.508 e. The molecule has 0 spiro atoms. The van der Waals surface area contributed by atoms with Gasteiger partial charge in [-0.1, -0.05) is 0 Å². The molecule has 6 atom stereocenters. The highest BCUT2D eigenvalue weighted by atomic mass is 16.3. The number of rotatable bonds is 1. The summed E-state index contributed by atoms with van der Waals surface area (Å²) in [7, 11) is 0. The first-order valence-corrected chi connectivity index (χ1v) is 7.03. The number of aromatic hydroxyl groups is 1. The van der Waals surface area contributed by atoms with Crippen LogP contribution in [0.15, 0.2) is 24.3 Å². The number of phenols is 1. The van der Waals surface area contributed by atoms with E-state index in [9.17, 15) is 24.9 Å². The standard InChI is InChI=1S/C15H15NO5/c17-7-3-1-6(2-4-7)16-14(20)10-8-5-9(11(10)15(16)21)13(19)12(8)18/h1-4,8-13,17-19H,5H2/t8-,9-,10-,11-,12+,13+/m1/s1. The third-order valence-electron chi connectivity index (χ3n) is 5.20. The van der Waals surface area contributed by atoms with Crippen molar-refractivity contribution < 1.29 is 24.9 Å². The van der Waals surface area contributed by atoms with E-state index in [0.717, 1.165) is 4.90 Å². The second-order valence-corrected chi connectivity index (χ2v) is 6.12. The van der Waals surface area contributed by atoms with Gasteiger partial charge in [-0.25, -0.2) is 0 Å². The Bertz CT molecular complexity index is 595. The van der Waals surface area contributed by atoms with Crippen molar-refractivity contribution in [3.63, 3.8) is 0 Å². The molecule has 0 aromatic heterocycles. The Labute approximate surface area is 120 Å². The highest BCUT2D eigenvalue weighted by Gasteiger charge is 2.67. The molecule has 2 aliphatic carbocycles. The van der Waals surface area contributed by atoms with Crippen LogP contribution >= 0.6 is 0 Å². The van der Waals surface area contributed by atoms with Gasteiger partial charge in [-0.05, 0) is 30.7 Å². The molecule has 21 heavy (non-hydrogen) atoms. The van der Waals surface area contributed by atoms with Crippen LogP contribution in [-0.4, -0.2) is 39.3 Å². The lowest BCUT2D eigenvalue weighted by atomic mass is 9.78. The number of imide groups is 1. The van der Waals surface area contributed by atoms with Gasteiger partial charge in [0.15, 0.2) is 0 Å². The Morgan fingerprint density at radius 1 is 0.905 bits per heavy atom. The molecule has 6 heteroatoms. The molecule has 1 aromatic rings. The summed E-state index contributed by atoms with van der Waals surface area (Å²) in [6, 6.07) is 5.87. The monoisotopic (exact) mass is 289 g/mol. The van der Waals surface area contributed by atoms with Gasteiger partial charge in [0, 0.05) is 11.8 Å². The van der Waals surface area contributed by atoms with Crippen LogP contribution in [0.3, 0.4) is 0 Å². The predicted octanol–water partition coefficient (Wildman–Crippen LogP) is -0.131. The van der Waals surface area contributed by atoms with Crippen LogP contribution in [0.4, 0.5) is 5.69 Å². The molecule has 2 amide bonds. The fourth-order valence-electron chi connectivity index (χ4n) is 4.29. The summed E-state index contributed by atoms with van der Waals surface area (Å²) in [4.78, 5) is 26.3. The minimum absolute atomic E-state index is 0.0592. The number of fused-ring (bicyclic) bond motifs is 5. The molecule has 1 heterocycles. The van der Waals surface area contributed by atoms with E-state index in [4.69, 9.17) is 0 Å². The number of carbonyl (C=O) groups is 2. The Balaban J connectivity index is 1.73. The fourth-order valence-corrected chi connectivity index (χ4v) is 4.29. The molecule has 0 unspecified atom stereocenters. The third kappa shape index (κ3) is 1.49. The van der Waals surface area contributed by atoms with Gasteiger partial charge in [0.1, 0.15) is 5.75 Å². The van der Waals surface area contributed by atoms with Gasteiger partial charge in [-0.3, -0.25) is 14.5 Å². The molecule has 0 radical (unpaired) electrons. The van der Waals surface area contributed by atoms with E-state index in [2.05, 4.69) is 0 Å². The van der Waals surface area contributed by atoms with Crippen molar-refractivity contribution >= 4 is 17.5 Å². The summed E-state index contributed by atoms with van der Waals surface area (Å²) in [5, 5.41) is 29.2. The predicted molar refractivity (Wildman–Crippen MR) is 71.2 cm³/mol. The first-order valence-electron chi connectivity index (χ1n) is 7.03. The van der Waals surface area contributed by atoms with E-state index in [1.807, 2.05) is 0 Å². The van der Waals surface area contributed by atoms with Crippen LogP contribution in [0, 0.1) is 23.7 Å². The Kier molecular flexibility index (Phi) is 2.47. The minimum atomic E-state index is -0.923. The molecule has 1 saturated heterocycles. The van der Waals surface area contributed by atoms with Crippen LogP contribution in [0.1, 0.15) is 6.42 Å². The molecule has 2 saturated carbocycles. The zero-order chi connectivity index (χ0) is 14.9. The van der Waals surface area contributed by atoms with Gasteiger partial charge in [-0.15, -0.1) is 0 Å². The zero-order valence-corrected chi connectivity index (χ0v) is 11.1. The quantitative estimate of drug-likeness (QED) is 0.626. The molecule has 1 aliphatic heterocycles. The topological polar surface area (TPSA) is 98.1 Å². The van der Waals surface area contributed by atoms with E-state index in [-0.39, 0.29) is 29.4 Å². The molecule has 3 fully saturated rings. The number of aliphatic hydroxyl groups is 2. The van der Waals surface area contributed by atoms with Crippen molar-refractivity contribution in [1.29, 1.82) is 0 Å². The van der Waals surface area contributed by atoms with Crippen molar-refractivity contribution in [1.82, 2.24) is 0 Å². The van der Waals surface area contributed by atoms with Crippen LogP contribution in [0.5, 0.6) is 5.75 Å². The molecule has 1 aromatic carbocycles. The van der Waals surface area contributed by atoms with Gasteiger partial charge < -0.3 is 15.3 Å². The largest absolute Gasteiger partial charge is 0.508 e. The molecule has 6 nitrogen and oxygen atoms in total. The maximum atomic E-state index is 12.6. The number of hydrogen-bond donors (Lipinski definition) is 3. The van der Waals surface area contributed by atoms with Crippen molar-refractivity contribution in [3.05, 3.63) is 24.3 Å². The number of benzene rings is 1.